The zero-order chi connectivity index (χ0) is 24.2. The summed E-state index contributed by atoms with van der Waals surface area (Å²) in [6.45, 7) is 7.45. The van der Waals surface area contributed by atoms with Crippen LogP contribution in [-0.4, -0.2) is 28.9 Å². The molecule has 34 heavy (non-hydrogen) atoms. The van der Waals surface area contributed by atoms with E-state index in [2.05, 4.69) is 10.4 Å². The topological polar surface area (TPSA) is 50.2 Å². The third kappa shape index (κ3) is 3.95. The second kappa shape index (κ2) is 8.18. The van der Waals surface area contributed by atoms with Crippen molar-refractivity contribution in [2.24, 2.45) is 0 Å². The molecular weight excluding hydrogens is 441 g/mol. The number of alkyl halides is 3. The van der Waals surface area contributed by atoms with Crippen LogP contribution in [-0.2, 0) is 12.6 Å². The number of fused-ring (bicyclic) bond motifs is 1. The van der Waals surface area contributed by atoms with Crippen molar-refractivity contribution in [2.45, 2.75) is 52.3 Å². The Labute approximate surface area is 196 Å². The largest absolute Gasteiger partial charge is 0.418 e. The number of halogens is 3. The molecule has 2 aliphatic rings. The summed E-state index contributed by atoms with van der Waals surface area (Å²) in [6.07, 6.45) is -2.06. The highest BCUT2D eigenvalue weighted by Crippen LogP contribution is 2.38. The van der Waals surface area contributed by atoms with Crippen molar-refractivity contribution in [2.75, 3.05) is 23.3 Å². The van der Waals surface area contributed by atoms with Crippen molar-refractivity contribution >= 4 is 11.4 Å². The summed E-state index contributed by atoms with van der Waals surface area (Å²) in [6, 6.07) is 9.94. The molecule has 178 valence electrons. The summed E-state index contributed by atoms with van der Waals surface area (Å²) in [4.78, 5) is 15.5. The van der Waals surface area contributed by atoms with Crippen molar-refractivity contribution in [3.63, 3.8) is 0 Å². The lowest BCUT2D eigenvalue weighted by Crippen LogP contribution is -2.28. The predicted molar refractivity (Wildman–Crippen MR) is 128 cm³/mol. The van der Waals surface area contributed by atoms with Gasteiger partial charge in [-0.25, -0.2) is 0 Å². The number of aromatic nitrogens is 2. The van der Waals surface area contributed by atoms with E-state index in [1.54, 1.807) is 0 Å². The van der Waals surface area contributed by atoms with Gasteiger partial charge in [0.2, 0.25) is 0 Å². The van der Waals surface area contributed by atoms with Crippen LogP contribution < -0.4 is 15.8 Å². The summed E-state index contributed by atoms with van der Waals surface area (Å²) in [5.41, 5.74) is 3.46. The van der Waals surface area contributed by atoms with Gasteiger partial charge in [-0.05, 0) is 70.4 Å². The number of rotatable bonds is 3. The molecule has 1 unspecified atom stereocenters. The standard InChI is InChI=1S/C26H27F3N4O/c1-15-10-16(2)12-18(11-15)23-20-13-17(3)30-24(20)25(34)33(31-23)22-14-19(32-8-4-5-9-32)6-7-21(22)26(27,28)29/h6-7,10-12,14,17,30H,4-5,8-9,13H2,1-3H3. The van der Waals surface area contributed by atoms with Gasteiger partial charge in [-0.2, -0.15) is 23.0 Å². The van der Waals surface area contributed by atoms with Gasteiger partial charge in [0, 0.05) is 35.9 Å². The van der Waals surface area contributed by atoms with E-state index in [0.717, 1.165) is 58.9 Å². The molecule has 0 saturated carbocycles. The molecule has 3 aromatic rings. The Morgan fingerprint density at radius 2 is 1.71 bits per heavy atom. The monoisotopic (exact) mass is 468 g/mol. The summed E-state index contributed by atoms with van der Waals surface area (Å²) in [5.74, 6) is 0. The number of benzene rings is 2. The summed E-state index contributed by atoms with van der Waals surface area (Å²) in [5, 5.41) is 7.77. The number of nitrogens with zero attached hydrogens (tertiary/aromatic N) is 3. The average Bonchev–Trinajstić information content (AvgIpc) is 3.42. The fourth-order valence-corrected chi connectivity index (χ4v) is 5.12. The Balaban J connectivity index is 1.78. The third-order valence-corrected chi connectivity index (χ3v) is 6.58. The Morgan fingerprint density at radius 3 is 2.35 bits per heavy atom. The molecule has 5 nitrogen and oxygen atoms in total. The van der Waals surface area contributed by atoms with Crippen molar-refractivity contribution in [1.82, 2.24) is 9.78 Å². The highest BCUT2D eigenvalue weighted by Gasteiger charge is 2.36. The number of anilines is 2. The molecule has 2 aromatic carbocycles. The van der Waals surface area contributed by atoms with Crippen LogP contribution in [0.1, 0.15) is 42.0 Å². The molecule has 5 rings (SSSR count). The maximum Gasteiger partial charge on any atom is 0.418 e. The Bertz CT molecular complexity index is 1300. The Morgan fingerprint density at radius 1 is 1.03 bits per heavy atom. The molecule has 3 heterocycles. The number of aryl methyl sites for hydroxylation is 2. The van der Waals surface area contributed by atoms with E-state index in [9.17, 15) is 18.0 Å². The van der Waals surface area contributed by atoms with Crippen LogP contribution in [0.5, 0.6) is 0 Å². The number of hydrogen-bond acceptors (Lipinski definition) is 4. The molecular formula is C26H27F3N4O. The second-order valence-electron chi connectivity index (χ2n) is 9.44. The van der Waals surface area contributed by atoms with E-state index in [1.165, 1.54) is 12.1 Å². The predicted octanol–water partition coefficient (Wildman–Crippen LogP) is 5.49. The van der Waals surface area contributed by atoms with Crippen molar-refractivity contribution < 1.29 is 13.2 Å². The van der Waals surface area contributed by atoms with Crippen LogP contribution in [0.2, 0.25) is 0 Å². The molecule has 1 atom stereocenters. The van der Waals surface area contributed by atoms with Gasteiger partial charge in [-0.3, -0.25) is 4.79 Å². The molecule has 2 aliphatic heterocycles. The van der Waals surface area contributed by atoms with Gasteiger partial charge >= 0.3 is 6.18 Å². The summed E-state index contributed by atoms with van der Waals surface area (Å²) < 4.78 is 43.1. The van der Waals surface area contributed by atoms with E-state index in [0.29, 0.717) is 23.5 Å². The van der Waals surface area contributed by atoms with Crippen LogP contribution in [0.15, 0.2) is 41.2 Å². The van der Waals surface area contributed by atoms with Crippen LogP contribution in [0, 0.1) is 13.8 Å². The summed E-state index contributed by atoms with van der Waals surface area (Å²) >= 11 is 0. The van der Waals surface area contributed by atoms with Gasteiger partial charge in [-0.15, -0.1) is 0 Å². The molecule has 1 aromatic heterocycles. The average molecular weight is 469 g/mol. The maximum absolute atomic E-state index is 14.1. The molecule has 0 aliphatic carbocycles. The quantitative estimate of drug-likeness (QED) is 0.552. The van der Waals surface area contributed by atoms with Crippen LogP contribution in [0.3, 0.4) is 0 Å². The zero-order valence-corrected chi connectivity index (χ0v) is 19.5. The maximum atomic E-state index is 14.1. The lowest BCUT2D eigenvalue weighted by Gasteiger charge is -2.22. The van der Waals surface area contributed by atoms with E-state index in [4.69, 9.17) is 0 Å². The second-order valence-corrected chi connectivity index (χ2v) is 9.44. The third-order valence-electron chi connectivity index (χ3n) is 6.58. The van der Waals surface area contributed by atoms with Crippen molar-refractivity contribution in [3.05, 3.63) is 69.0 Å². The molecule has 0 bridgehead atoms. The van der Waals surface area contributed by atoms with Gasteiger partial charge in [-0.1, -0.05) is 17.2 Å². The normalized spacial score (nSPS) is 17.7. The molecule has 1 fully saturated rings. The van der Waals surface area contributed by atoms with Crippen LogP contribution >= 0.6 is 0 Å². The highest BCUT2D eigenvalue weighted by molar-refractivity contribution is 5.73. The smallest absolute Gasteiger partial charge is 0.377 e. The first-order chi connectivity index (χ1) is 16.1. The van der Waals surface area contributed by atoms with Gasteiger partial charge in [0.05, 0.1) is 16.9 Å². The molecule has 0 radical (unpaired) electrons. The first-order valence-corrected chi connectivity index (χ1v) is 11.6. The van der Waals surface area contributed by atoms with E-state index >= 15 is 0 Å². The molecule has 1 saturated heterocycles. The van der Waals surface area contributed by atoms with E-state index in [-0.39, 0.29) is 11.7 Å². The minimum Gasteiger partial charge on any atom is -0.377 e. The van der Waals surface area contributed by atoms with E-state index in [1.807, 2.05) is 43.9 Å². The first-order valence-electron chi connectivity index (χ1n) is 11.6. The van der Waals surface area contributed by atoms with E-state index < -0.39 is 17.3 Å². The molecule has 8 heteroatoms. The van der Waals surface area contributed by atoms with Gasteiger partial charge in [0.1, 0.15) is 5.69 Å². The fraction of sp³-hybridized carbons (Fsp3) is 0.385. The SMILES string of the molecule is Cc1cc(C)cc(-c2nn(-c3cc(N4CCCC4)ccc3C(F)(F)F)c(=O)c3c2CC(C)N3)c1. The number of hydrogen-bond donors (Lipinski definition) is 1. The minimum absolute atomic E-state index is 0.0111. The van der Waals surface area contributed by atoms with Crippen molar-refractivity contribution in [1.29, 1.82) is 0 Å². The Kier molecular flexibility index (Phi) is 5.41. The minimum atomic E-state index is -4.63. The summed E-state index contributed by atoms with van der Waals surface area (Å²) in [7, 11) is 0. The molecule has 0 amide bonds. The number of nitrogens with one attached hydrogen (secondary N) is 1. The van der Waals surface area contributed by atoms with Crippen molar-refractivity contribution in [3.8, 4) is 16.9 Å². The van der Waals surface area contributed by atoms with Crippen LogP contribution in [0.4, 0.5) is 24.5 Å². The van der Waals surface area contributed by atoms with Crippen LogP contribution in [0.25, 0.3) is 16.9 Å². The Hall–Kier alpha value is -3.29. The molecule has 1 N–H and O–H groups in total. The lowest BCUT2D eigenvalue weighted by atomic mass is 9.99. The van der Waals surface area contributed by atoms with Gasteiger partial charge in [0.25, 0.3) is 5.56 Å². The van der Waals surface area contributed by atoms with Gasteiger partial charge in [0.15, 0.2) is 0 Å². The molecule has 0 spiro atoms. The fourth-order valence-electron chi connectivity index (χ4n) is 5.12. The first kappa shape index (κ1) is 22.5. The zero-order valence-electron chi connectivity index (χ0n) is 19.5. The lowest BCUT2D eigenvalue weighted by molar-refractivity contribution is -0.137. The highest BCUT2D eigenvalue weighted by atomic mass is 19.4. The van der Waals surface area contributed by atoms with Gasteiger partial charge < -0.3 is 10.2 Å².